The molecule has 36 heavy (non-hydrogen) atoms. The molecule has 13 heteroatoms. The molecule has 2 radical (unpaired) electrons. The van der Waals surface area contributed by atoms with E-state index >= 15 is 0 Å². The Balaban J connectivity index is 1.95. The van der Waals surface area contributed by atoms with Gasteiger partial charge in [0, 0.05) is 12.2 Å². The Hall–Kier alpha value is -1.77. The molecule has 6 N–H and O–H groups in total. The summed E-state index contributed by atoms with van der Waals surface area (Å²) in [5, 5.41) is 52.6. The van der Waals surface area contributed by atoms with Crippen LogP contribution in [0.2, 0.25) is 0 Å². The maximum Gasteiger partial charge on any atom is 0.249 e. The molecule has 0 spiro atoms. The zero-order valence-corrected chi connectivity index (χ0v) is 21.5. The Morgan fingerprint density at radius 3 is 2.61 bits per heavy atom. The van der Waals surface area contributed by atoms with E-state index in [1.807, 2.05) is 0 Å². The number of rotatable bonds is 16. The van der Waals surface area contributed by atoms with Gasteiger partial charge in [-0.2, -0.15) is 11.8 Å². The molecule has 2 amide bonds. The predicted octanol–water partition coefficient (Wildman–Crippen LogP) is 0.196. The molecule has 1 aliphatic rings. The number of nitrogens with one attached hydrogen (secondary N) is 2. The SMILES string of the molecule is [CH2][CH]CSC[C@@H](NC(=O)CCCCCCCC)C(=O)Nc1cn(C2OC(CO)C(O)C(O)C2O)nn1. The summed E-state index contributed by atoms with van der Waals surface area (Å²) in [5.41, 5.74) is 0. The monoisotopic (exact) mass is 529 g/mol. The number of aromatic nitrogens is 3. The van der Waals surface area contributed by atoms with Crippen molar-refractivity contribution in [1.29, 1.82) is 0 Å². The van der Waals surface area contributed by atoms with E-state index in [0.29, 0.717) is 17.9 Å². The van der Waals surface area contributed by atoms with Crippen LogP contribution in [-0.2, 0) is 14.3 Å². The van der Waals surface area contributed by atoms with Crippen molar-refractivity contribution in [1.82, 2.24) is 20.3 Å². The van der Waals surface area contributed by atoms with Crippen molar-refractivity contribution in [3.63, 3.8) is 0 Å². The fourth-order valence-corrected chi connectivity index (χ4v) is 4.53. The molecule has 0 bridgehead atoms. The van der Waals surface area contributed by atoms with Gasteiger partial charge >= 0.3 is 0 Å². The minimum absolute atomic E-state index is 0.0425. The zero-order valence-electron chi connectivity index (χ0n) is 20.7. The van der Waals surface area contributed by atoms with Crippen LogP contribution in [-0.4, -0.2) is 95.8 Å². The van der Waals surface area contributed by atoms with E-state index in [2.05, 4.69) is 34.8 Å². The van der Waals surface area contributed by atoms with Gasteiger partial charge < -0.3 is 35.8 Å². The second kappa shape index (κ2) is 16.2. The van der Waals surface area contributed by atoms with Crippen molar-refractivity contribution in [2.45, 2.75) is 88.6 Å². The number of unbranched alkanes of at least 4 members (excludes halogenated alkanes) is 5. The molecule has 12 nitrogen and oxygen atoms in total. The molecular formula is C23H39N5O7S. The number of thioether (sulfide) groups is 1. The molecular weight excluding hydrogens is 490 g/mol. The molecule has 0 aromatic carbocycles. The summed E-state index contributed by atoms with van der Waals surface area (Å²) in [5.74, 6) is 0.310. The summed E-state index contributed by atoms with van der Waals surface area (Å²) >= 11 is 1.45. The van der Waals surface area contributed by atoms with Crippen LogP contribution in [0.5, 0.6) is 0 Å². The molecule has 1 saturated heterocycles. The number of aliphatic hydroxyl groups is 4. The predicted molar refractivity (Wildman–Crippen MR) is 135 cm³/mol. The molecule has 204 valence electrons. The van der Waals surface area contributed by atoms with Crippen molar-refractivity contribution in [3.05, 3.63) is 19.5 Å². The molecule has 1 fully saturated rings. The molecule has 0 aliphatic carbocycles. The van der Waals surface area contributed by atoms with Crippen LogP contribution in [0.3, 0.4) is 0 Å². The third-order valence-corrected chi connectivity index (χ3v) is 6.86. The highest BCUT2D eigenvalue weighted by Gasteiger charge is 2.44. The van der Waals surface area contributed by atoms with Gasteiger partial charge in [0.25, 0.3) is 0 Å². The molecule has 2 heterocycles. The van der Waals surface area contributed by atoms with E-state index in [4.69, 9.17) is 4.74 Å². The summed E-state index contributed by atoms with van der Waals surface area (Å²) < 4.78 is 6.52. The fraction of sp³-hybridized carbons (Fsp3) is 0.739. The van der Waals surface area contributed by atoms with Gasteiger partial charge in [0.1, 0.15) is 30.5 Å². The second-order valence-corrected chi connectivity index (χ2v) is 9.83. The summed E-state index contributed by atoms with van der Waals surface area (Å²) in [6, 6.07) is -0.806. The largest absolute Gasteiger partial charge is 0.394 e. The number of nitrogens with zero attached hydrogens (tertiary/aromatic N) is 3. The first-order chi connectivity index (χ1) is 17.3. The summed E-state index contributed by atoms with van der Waals surface area (Å²) in [6.45, 7) is 5.24. The van der Waals surface area contributed by atoms with Gasteiger partial charge in [0.15, 0.2) is 12.0 Å². The smallest absolute Gasteiger partial charge is 0.249 e. The Morgan fingerprint density at radius 1 is 1.19 bits per heavy atom. The highest BCUT2D eigenvalue weighted by molar-refractivity contribution is 7.99. The zero-order chi connectivity index (χ0) is 26.5. The number of anilines is 1. The number of hydrogen-bond acceptors (Lipinski definition) is 10. The Bertz CT molecular complexity index is 797. The maximum absolute atomic E-state index is 12.9. The van der Waals surface area contributed by atoms with E-state index < -0.39 is 49.2 Å². The highest BCUT2D eigenvalue weighted by Crippen LogP contribution is 2.28. The van der Waals surface area contributed by atoms with Crippen molar-refractivity contribution in [2.75, 3.05) is 23.4 Å². The van der Waals surface area contributed by atoms with Crippen molar-refractivity contribution in [3.8, 4) is 0 Å². The van der Waals surface area contributed by atoms with E-state index in [1.54, 1.807) is 6.42 Å². The fourth-order valence-electron chi connectivity index (χ4n) is 3.76. The van der Waals surface area contributed by atoms with Crippen molar-refractivity contribution >= 4 is 29.4 Å². The van der Waals surface area contributed by atoms with E-state index in [0.717, 1.165) is 36.8 Å². The van der Waals surface area contributed by atoms with Gasteiger partial charge in [-0.15, -0.1) is 5.10 Å². The highest BCUT2D eigenvalue weighted by atomic mass is 32.2. The summed E-state index contributed by atoms with van der Waals surface area (Å²) in [4.78, 5) is 25.3. The third-order valence-electron chi connectivity index (χ3n) is 5.82. The van der Waals surface area contributed by atoms with Crippen molar-refractivity contribution < 1.29 is 34.8 Å². The lowest BCUT2D eigenvalue weighted by atomic mass is 9.98. The van der Waals surface area contributed by atoms with Gasteiger partial charge in [-0.3, -0.25) is 9.59 Å². The van der Waals surface area contributed by atoms with Gasteiger partial charge in [0.2, 0.25) is 11.8 Å². The average molecular weight is 530 g/mol. The van der Waals surface area contributed by atoms with Gasteiger partial charge in [-0.25, -0.2) is 4.68 Å². The average Bonchev–Trinajstić information content (AvgIpc) is 3.32. The minimum Gasteiger partial charge on any atom is -0.394 e. The van der Waals surface area contributed by atoms with Crippen molar-refractivity contribution in [2.24, 2.45) is 0 Å². The van der Waals surface area contributed by atoms with Gasteiger partial charge in [-0.1, -0.05) is 44.2 Å². The topological polar surface area (TPSA) is 179 Å². The molecule has 6 atom stereocenters. The second-order valence-electron chi connectivity index (χ2n) is 8.76. The quantitative estimate of drug-likeness (QED) is 0.162. The van der Waals surface area contributed by atoms with Crippen LogP contribution < -0.4 is 10.6 Å². The third kappa shape index (κ3) is 9.27. The first-order valence-corrected chi connectivity index (χ1v) is 13.5. The first kappa shape index (κ1) is 30.5. The van der Waals surface area contributed by atoms with E-state index in [-0.39, 0.29) is 11.7 Å². The van der Waals surface area contributed by atoms with Crippen LogP contribution in [0.25, 0.3) is 0 Å². The van der Waals surface area contributed by atoms with E-state index in [1.165, 1.54) is 24.4 Å². The van der Waals surface area contributed by atoms with Crippen LogP contribution in [0.1, 0.15) is 58.1 Å². The Morgan fingerprint density at radius 2 is 1.92 bits per heavy atom. The van der Waals surface area contributed by atoms with E-state index in [9.17, 15) is 30.0 Å². The number of hydrogen-bond donors (Lipinski definition) is 6. The number of ether oxygens (including phenoxy) is 1. The standard InChI is InChI=1S/C23H39N5O7S/c1-3-5-6-7-8-9-10-18(30)24-15(14-36-11-4-2)22(34)25-17-12-28(27-26-17)23-21(33)20(32)19(31)16(13-29)35-23/h4,12,15-16,19-21,23,29,31-33H,2-3,5-11,13-14H2,1H3,(H,24,30)(H,25,34)/t15-,16?,19?,20?,21?,23?/m1/s1. The number of carbonyl (C=O) groups excluding carboxylic acids is 2. The maximum atomic E-state index is 12.9. The lowest BCUT2D eigenvalue weighted by Gasteiger charge is -2.39. The van der Waals surface area contributed by atoms with Crippen LogP contribution in [0, 0.1) is 13.3 Å². The lowest BCUT2D eigenvalue weighted by molar-refractivity contribution is -0.254. The molecule has 0 saturated carbocycles. The van der Waals surface area contributed by atoms with Crippen LogP contribution >= 0.6 is 11.8 Å². The number of amides is 2. The molecule has 1 aliphatic heterocycles. The Kier molecular flexibility index (Phi) is 13.7. The molecule has 2 rings (SSSR count). The van der Waals surface area contributed by atoms with Crippen LogP contribution in [0.15, 0.2) is 6.20 Å². The van der Waals surface area contributed by atoms with Gasteiger partial charge in [0.05, 0.1) is 12.8 Å². The van der Waals surface area contributed by atoms with Crippen LogP contribution in [0.4, 0.5) is 5.82 Å². The number of carbonyl (C=O) groups is 2. The Labute approximate surface area is 216 Å². The molecule has 1 aromatic heterocycles. The summed E-state index contributed by atoms with van der Waals surface area (Å²) in [6.07, 6.45) is 2.70. The molecule has 5 unspecified atom stereocenters. The number of aliphatic hydroxyl groups excluding tert-OH is 4. The summed E-state index contributed by atoms with van der Waals surface area (Å²) in [7, 11) is 0. The minimum atomic E-state index is -1.57. The van der Waals surface area contributed by atoms with Gasteiger partial charge in [-0.05, 0) is 25.5 Å². The first-order valence-electron chi connectivity index (χ1n) is 12.3. The lowest BCUT2D eigenvalue weighted by Crippen LogP contribution is -2.56. The normalized spacial score (nSPS) is 24.9. The molecule has 1 aromatic rings.